The van der Waals surface area contributed by atoms with Gasteiger partial charge in [0.2, 0.25) is 5.79 Å². The lowest BCUT2D eigenvalue weighted by Gasteiger charge is -2.28. The summed E-state index contributed by atoms with van der Waals surface area (Å²) in [6.07, 6.45) is 0.0837. The fourth-order valence-electron chi connectivity index (χ4n) is 4.13. The molecule has 3 aromatic carbocycles. The summed E-state index contributed by atoms with van der Waals surface area (Å²) in [6.45, 7) is 1.02. The van der Waals surface area contributed by atoms with E-state index in [1.165, 1.54) is 13.2 Å². The second-order valence-electron chi connectivity index (χ2n) is 8.74. The minimum absolute atomic E-state index is 0.147. The average Bonchev–Trinajstić information content (AvgIpc) is 3.21. The van der Waals surface area contributed by atoms with E-state index < -0.39 is 30.1 Å². The van der Waals surface area contributed by atoms with E-state index in [1.807, 2.05) is 91.0 Å². The number of benzene rings is 3. The molecule has 1 unspecified atom stereocenters. The van der Waals surface area contributed by atoms with E-state index in [0.29, 0.717) is 6.61 Å². The zero-order valence-corrected chi connectivity index (χ0v) is 20.8. The van der Waals surface area contributed by atoms with E-state index in [4.69, 9.17) is 23.7 Å². The number of ether oxygens (including phenoxy) is 5. The molecule has 7 nitrogen and oxygen atoms in total. The molecule has 194 valence electrons. The Morgan fingerprint density at radius 1 is 0.838 bits per heavy atom. The van der Waals surface area contributed by atoms with Crippen LogP contribution < -0.4 is 0 Å². The molecule has 4 atom stereocenters. The summed E-state index contributed by atoms with van der Waals surface area (Å²) >= 11 is 0. The number of carbonyl (C=O) groups is 1. The molecule has 4 rings (SSSR count). The third-order valence-electron chi connectivity index (χ3n) is 6.02. The number of hydrogen-bond donors (Lipinski definition) is 1. The Hall–Kier alpha value is -3.33. The number of carbonyl (C=O) groups excluding carboxylic acids is 1. The summed E-state index contributed by atoms with van der Waals surface area (Å²) in [5.74, 6) is -2.56. The second kappa shape index (κ2) is 13.3. The van der Waals surface area contributed by atoms with Gasteiger partial charge in [-0.1, -0.05) is 91.0 Å². The highest BCUT2D eigenvalue weighted by Gasteiger charge is 2.55. The summed E-state index contributed by atoms with van der Waals surface area (Å²) in [7, 11) is 1.27. The molecule has 0 radical (unpaired) electrons. The lowest BCUT2D eigenvalue weighted by molar-refractivity contribution is -0.212. The third kappa shape index (κ3) is 7.58. The number of hydrogen-bond acceptors (Lipinski definition) is 7. The molecule has 7 heteroatoms. The Morgan fingerprint density at radius 3 is 1.89 bits per heavy atom. The molecule has 1 N–H and O–H groups in total. The Morgan fingerprint density at radius 2 is 1.35 bits per heavy atom. The van der Waals surface area contributed by atoms with E-state index >= 15 is 0 Å². The van der Waals surface area contributed by atoms with Gasteiger partial charge in [-0.2, -0.15) is 0 Å². The quantitative estimate of drug-likeness (QED) is 0.293. The molecule has 3 aromatic rings. The van der Waals surface area contributed by atoms with Crippen molar-refractivity contribution in [2.75, 3.05) is 13.7 Å². The first-order valence-corrected chi connectivity index (χ1v) is 12.2. The van der Waals surface area contributed by atoms with Crippen LogP contribution in [-0.2, 0) is 48.3 Å². The van der Waals surface area contributed by atoms with Crippen LogP contribution in [0.2, 0.25) is 0 Å². The molecule has 0 aromatic heterocycles. The van der Waals surface area contributed by atoms with Gasteiger partial charge in [-0.05, 0) is 22.8 Å². The first-order valence-electron chi connectivity index (χ1n) is 12.2. The topological polar surface area (TPSA) is 83.5 Å². The fourth-order valence-corrected chi connectivity index (χ4v) is 4.13. The summed E-state index contributed by atoms with van der Waals surface area (Å²) in [4.78, 5) is 11.8. The number of rotatable bonds is 12. The summed E-state index contributed by atoms with van der Waals surface area (Å²) in [5, 5.41) is 11.6. The van der Waals surface area contributed by atoms with Crippen LogP contribution in [0.25, 0.3) is 0 Å². The Labute approximate surface area is 217 Å². The van der Waals surface area contributed by atoms with Gasteiger partial charge in [0.15, 0.2) is 0 Å². The van der Waals surface area contributed by atoms with Gasteiger partial charge in [-0.25, -0.2) is 4.79 Å². The highest BCUT2D eigenvalue weighted by atomic mass is 16.7. The smallest absolute Gasteiger partial charge is 0.330 e. The van der Waals surface area contributed by atoms with Crippen molar-refractivity contribution in [3.63, 3.8) is 0 Å². The molecule has 0 bridgehead atoms. The summed E-state index contributed by atoms with van der Waals surface area (Å²) < 4.78 is 29.2. The molecular weight excluding hydrogens is 472 g/mol. The minimum Gasteiger partial charge on any atom is -0.466 e. The number of methoxy groups -OCH3 is 1. The highest BCUT2D eigenvalue weighted by Crippen LogP contribution is 2.36. The van der Waals surface area contributed by atoms with Gasteiger partial charge in [0, 0.05) is 6.08 Å². The maximum Gasteiger partial charge on any atom is 0.330 e. The van der Waals surface area contributed by atoms with Crippen LogP contribution in [0, 0.1) is 0 Å². The van der Waals surface area contributed by atoms with Gasteiger partial charge in [0.25, 0.3) is 0 Å². The SMILES string of the molecule is COC(=O)/C=C/C1(O)O[C@H](COCc2ccccc2)[C@@H](OCc2ccccc2)[C@@H]1OCc1ccccc1. The lowest BCUT2D eigenvalue weighted by Crippen LogP contribution is -2.45. The zero-order chi connectivity index (χ0) is 25.9. The number of aliphatic hydroxyl groups is 1. The molecule has 0 amide bonds. The first kappa shape index (κ1) is 26.7. The normalized spacial score (nSPS) is 23.4. The zero-order valence-electron chi connectivity index (χ0n) is 20.8. The molecule has 1 fully saturated rings. The van der Waals surface area contributed by atoms with Crippen LogP contribution in [0.15, 0.2) is 103 Å². The molecule has 0 saturated carbocycles. The monoisotopic (exact) mass is 504 g/mol. The van der Waals surface area contributed by atoms with Gasteiger partial charge in [0.05, 0.1) is 33.5 Å². The Kier molecular flexibility index (Phi) is 9.59. The Balaban J connectivity index is 1.55. The predicted octanol–water partition coefficient (Wildman–Crippen LogP) is 4.19. The molecule has 1 aliphatic heterocycles. The van der Waals surface area contributed by atoms with Gasteiger partial charge in [-0.3, -0.25) is 0 Å². The van der Waals surface area contributed by atoms with Gasteiger partial charge < -0.3 is 28.8 Å². The molecule has 37 heavy (non-hydrogen) atoms. The van der Waals surface area contributed by atoms with Crippen LogP contribution in [0.3, 0.4) is 0 Å². The average molecular weight is 505 g/mol. The molecule has 1 saturated heterocycles. The van der Waals surface area contributed by atoms with E-state index in [1.54, 1.807) is 0 Å². The van der Waals surface area contributed by atoms with Crippen molar-refractivity contribution in [2.24, 2.45) is 0 Å². The molecule has 0 aliphatic carbocycles. The maximum atomic E-state index is 11.8. The van der Waals surface area contributed by atoms with Crippen LogP contribution in [-0.4, -0.2) is 48.9 Å². The van der Waals surface area contributed by atoms with E-state index in [2.05, 4.69) is 0 Å². The van der Waals surface area contributed by atoms with Crippen LogP contribution in [0.5, 0.6) is 0 Å². The lowest BCUT2D eigenvalue weighted by atomic mass is 10.0. The van der Waals surface area contributed by atoms with Crippen molar-refractivity contribution in [1.82, 2.24) is 0 Å². The predicted molar refractivity (Wildman–Crippen MR) is 137 cm³/mol. The van der Waals surface area contributed by atoms with E-state index in [0.717, 1.165) is 22.8 Å². The molecule has 1 heterocycles. The largest absolute Gasteiger partial charge is 0.466 e. The van der Waals surface area contributed by atoms with Crippen LogP contribution in [0.4, 0.5) is 0 Å². The standard InChI is InChI=1S/C30H32O7/c1-33-27(31)17-18-30(32)29(36-21-25-15-9-4-10-16-25)28(35-20-24-13-7-3-8-14-24)26(37-30)22-34-19-23-11-5-2-6-12-23/h2-18,26,28-29,32H,19-22H2,1H3/b18-17+/t26-,28-,29+,30?/m1/s1. The fraction of sp³-hybridized carbons (Fsp3) is 0.300. The van der Waals surface area contributed by atoms with Crippen molar-refractivity contribution in [1.29, 1.82) is 0 Å². The maximum absolute atomic E-state index is 11.8. The van der Waals surface area contributed by atoms with Gasteiger partial charge in [-0.15, -0.1) is 0 Å². The van der Waals surface area contributed by atoms with E-state index in [9.17, 15) is 9.90 Å². The van der Waals surface area contributed by atoms with Gasteiger partial charge >= 0.3 is 5.97 Å². The van der Waals surface area contributed by atoms with Crippen molar-refractivity contribution in [3.8, 4) is 0 Å². The van der Waals surface area contributed by atoms with Crippen molar-refractivity contribution >= 4 is 5.97 Å². The van der Waals surface area contributed by atoms with E-state index in [-0.39, 0.29) is 19.8 Å². The second-order valence-corrected chi connectivity index (χ2v) is 8.74. The van der Waals surface area contributed by atoms with Crippen molar-refractivity contribution in [3.05, 3.63) is 120 Å². The first-order chi connectivity index (χ1) is 18.1. The highest BCUT2D eigenvalue weighted by molar-refractivity contribution is 5.81. The third-order valence-corrected chi connectivity index (χ3v) is 6.02. The van der Waals surface area contributed by atoms with Gasteiger partial charge in [0.1, 0.15) is 18.3 Å². The van der Waals surface area contributed by atoms with Crippen molar-refractivity contribution in [2.45, 2.75) is 43.9 Å². The minimum atomic E-state index is -1.94. The summed E-state index contributed by atoms with van der Waals surface area (Å²) in [6, 6.07) is 29.1. The van der Waals surface area contributed by atoms with Crippen LogP contribution >= 0.6 is 0 Å². The Bertz CT molecular complexity index is 1120. The van der Waals surface area contributed by atoms with Crippen LogP contribution in [0.1, 0.15) is 16.7 Å². The molecule has 1 aliphatic rings. The van der Waals surface area contributed by atoms with Crippen molar-refractivity contribution < 1.29 is 33.6 Å². The number of esters is 1. The molecular formula is C30H32O7. The molecule has 0 spiro atoms. The summed E-state index contributed by atoms with van der Waals surface area (Å²) in [5.41, 5.74) is 2.90.